The quantitative estimate of drug-likeness (QED) is 0.699. The number of halogens is 1. The molecule has 5 rings (SSSR count). The Morgan fingerprint density at radius 2 is 1.68 bits per heavy atom. The third-order valence-electron chi connectivity index (χ3n) is 5.31. The standard InChI is InChI=1S/C22H20FN5O3/c23-16-2-4-17(5-3-16)24-22(29)28-11-9-27(10-12-28)21-8-6-18(25-26-21)15-1-7-19-20(13-15)31-14-30-19/h1-8,13H,9-12,14H2,(H,24,29). The Morgan fingerprint density at radius 1 is 0.903 bits per heavy atom. The Hall–Kier alpha value is -3.88. The SMILES string of the molecule is O=C(Nc1ccc(F)cc1)N1CCN(c2ccc(-c3ccc4c(c3)OCO4)nn2)CC1. The lowest BCUT2D eigenvalue weighted by molar-refractivity contribution is 0.174. The molecule has 1 aromatic heterocycles. The van der Waals surface area contributed by atoms with E-state index in [9.17, 15) is 9.18 Å². The summed E-state index contributed by atoms with van der Waals surface area (Å²) in [6.07, 6.45) is 0. The first-order valence-corrected chi connectivity index (χ1v) is 9.96. The molecule has 0 spiro atoms. The highest BCUT2D eigenvalue weighted by Crippen LogP contribution is 2.35. The molecule has 0 atom stereocenters. The number of amides is 2. The maximum atomic E-state index is 13.0. The Kier molecular flexibility index (Phi) is 4.99. The molecule has 0 radical (unpaired) electrons. The van der Waals surface area contributed by atoms with E-state index in [2.05, 4.69) is 20.4 Å². The minimum atomic E-state index is -0.336. The van der Waals surface area contributed by atoms with Gasteiger partial charge in [-0.25, -0.2) is 9.18 Å². The lowest BCUT2D eigenvalue weighted by atomic mass is 10.1. The van der Waals surface area contributed by atoms with Gasteiger partial charge in [-0.1, -0.05) is 0 Å². The molecule has 3 aromatic rings. The number of fused-ring (bicyclic) bond motifs is 1. The molecule has 1 saturated heterocycles. The van der Waals surface area contributed by atoms with Gasteiger partial charge >= 0.3 is 6.03 Å². The van der Waals surface area contributed by atoms with Gasteiger partial charge in [-0.2, -0.15) is 0 Å². The first-order chi connectivity index (χ1) is 15.2. The van der Waals surface area contributed by atoms with E-state index in [4.69, 9.17) is 9.47 Å². The number of nitrogens with one attached hydrogen (secondary N) is 1. The van der Waals surface area contributed by atoms with Crippen molar-refractivity contribution in [2.75, 3.05) is 43.2 Å². The number of hydrogen-bond acceptors (Lipinski definition) is 6. The molecular formula is C22H20FN5O3. The summed E-state index contributed by atoms with van der Waals surface area (Å²) in [5.74, 6) is 1.87. The van der Waals surface area contributed by atoms with Gasteiger partial charge in [-0.15, -0.1) is 10.2 Å². The van der Waals surface area contributed by atoms with Gasteiger partial charge in [0.05, 0.1) is 5.69 Å². The van der Waals surface area contributed by atoms with Crippen molar-refractivity contribution in [2.45, 2.75) is 0 Å². The van der Waals surface area contributed by atoms with Crippen LogP contribution in [-0.2, 0) is 0 Å². The number of carbonyl (C=O) groups excluding carboxylic acids is 1. The van der Waals surface area contributed by atoms with Crippen LogP contribution >= 0.6 is 0 Å². The number of anilines is 2. The van der Waals surface area contributed by atoms with E-state index >= 15 is 0 Å². The van der Waals surface area contributed by atoms with Crippen LogP contribution in [-0.4, -0.2) is 54.1 Å². The number of urea groups is 1. The van der Waals surface area contributed by atoms with Crippen molar-refractivity contribution in [3.63, 3.8) is 0 Å². The Morgan fingerprint density at radius 3 is 2.42 bits per heavy atom. The van der Waals surface area contributed by atoms with E-state index in [0.29, 0.717) is 37.6 Å². The van der Waals surface area contributed by atoms with Crippen molar-refractivity contribution in [1.82, 2.24) is 15.1 Å². The fourth-order valence-corrected chi connectivity index (χ4v) is 3.58. The summed E-state index contributed by atoms with van der Waals surface area (Å²) in [6, 6.07) is 15.1. The monoisotopic (exact) mass is 421 g/mol. The van der Waals surface area contributed by atoms with Crippen molar-refractivity contribution in [2.24, 2.45) is 0 Å². The van der Waals surface area contributed by atoms with E-state index in [-0.39, 0.29) is 18.6 Å². The van der Waals surface area contributed by atoms with Crippen LogP contribution in [0.15, 0.2) is 54.6 Å². The largest absolute Gasteiger partial charge is 0.454 e. The van der Waals surface area contributed by atoms with Gasteiger partial charge in [-0.05, 0) is 54.6 Å². The maximum absolute atomic E-state index is 13.0. The van der Waals surface area contributed by atoms with Crippen molar-refractivity contribution in [1.29, 1.82) is 0 Å². The lowest BCUT2D eigenvalue weighted by Gasteiger charge is -2.35. The molecule has 0 aliphatic carbocycles. The highest BCUT2D eigenvalue weighted by atomic mass is 19.1. The zero-order chi connectivity index (χ0) is 21.2. The summed E-state index contributed by atoms with van der Waals surface area (Å²) >= 11 is 0. The zero-order valence-electron chi connectivity index (χ0n) is 16.6. The Labute approximate surface area is 178 Å². The number of hydrogen-bond donors (Lipinski definition) is 1. The average molecular weight is 421 g/mol. The number of ether oxygens (including phenoxy) is 2. The molecule has 0 unspecified atom stereocenters. The number of benzene rings is 2. The van der Waals surface area contributed by atoms with Crippen LogP contribution in [0.3, 0.4) is 0 Å². The van der Waals surface area contributed by atoms with Crippen LogP contribution in [0, 0.1) is 5.82 Å². The fourth-order valence-electron chi connectivity index (χ4n) is 3.58. The molecule has 2 amide bonds. The van der Waals surface area contributed by atoms with Crippen molar-refractivity contribution >= 4 is 17.5 Å². The molecular weight excluding hydrogens is 401 g/mol. The second-order valence-electron chi connectivity index (χ2n) is 7.26. The van der Waals surface area contributed by atoms with Crippen LogP contribution < -0.4 is 19.7 Å². The van der Waals surface area contributed by atoms with Gasteiger partial charge < -0.3 is 24.6 Å². The minimum absolute atomic E-state index is 0.199. The highest BCUT2D eigenvalue weighted by molar-refractivity contribution is 5.89. The van der Waals surface area contributed by atoms with Crippen molar-refractivity contribution < 1.29 is 18.7 Å². The molecule has 158 valence electrons. The van der Waals surface area contributed by atoms with Crippen LogP contribution in [0.2, 0.25) is 0 Å². The summed E-state index contributed by atoms with van der Waals surface area (Å²) in [7, 11) is 0. The number of rotatable bonds is 3. The van der Waals surface area contributed by atoms with Crippen LogP contribution in [0.1, 0.15) is 0 Å². The molecule has 3 heterocycles. The van der Waals surface area contributed by atoms with Gasteiger partial charge in [0.2, 0.25) is 6.79 Å². The smallest absolute Gasteiger partial charge is 0.321 e. The molecule has 1 N–H and O–H groups in total. The van der Waals surface area contributed by atoms with Crippen molar-refractivity contribution in [3.05, 3.63) is 60.4 Å². The van der Waals surface area contributed by atoms with Crippen molar-refractivity contribution in [3.8, 4) is 22.8 Å². The summed E-state index contributed by atoms with van der Waals surface area (Å²) in [4.78, 5) is 16.3. The van der Waals surface area contributed by atoms with Gasteiger partial charge in [0.15, 0.2) is 17.3 Å². The maximum Gasteiger partial charge on any atom is 0.321 e. The van der Waals surface area contributed by atoms with Gasteiger partial charge in [0.1, 0.15) is 5.82 Å². The summed E-state index contributed by atoms with van der Waals surface area (Å²) < 4.78 is 23.8. The predicted molar refractivity (Wildman–Crippen MR) is 113 cm³/mol. The molecule has 31 heavy (non-hydrogen) atoms. The van der Waals surface area contributed by atoms with E-state index in [1.165, 1.54) is 12.1 Å². The molecule has 2 aliphatic rings. The molecule has 0 saturated carbocycles. The number of aromatic nitrogens is 2. The van der Waals surface area contributed by atoms with Gasteiger partial charge in [0, 0.05) is 37.4 Å². The van der Waals surface area contributed by atoms with E-state index in [1.807, 2.05) is 30.3 Å². The summed E-state index contributed by atoms with van der Waals surface area (Å²) in [6.45, 7) is 2.64. The third-order valence-corrected chi connectivity index (χ3v) is 5.31. The fraction of sp³-hybridized carbons (Fsp3) is 0.227. The van der Waals surface area contributed by atoms with E-state index in [0.717, 1.165) is 22.8 Å². The molecule has 0 bridgehead atoms. The number of nitrogens with zero attached hydrogens (tertiary/aromatic N) is 4. The molecule has 1 fully saturated rings. The second kappa shape index (κ2) is 8.10. The minimum Gasteiger partial charge on any atom is -0.454 e. The highest BCUT2D eigenvalue weighted by Gasteiger charge is 2.22. The molecule has 9 heteroatoms. The normalized spacial score (nSPS) is 15.1. The summed E-state index contributed by atoms with van der Waals surface area (Å²) in [5, 5.41) is 11.5. The van der Waals surface area contributed by atoms with Crippen LogP contribution in [0.5, 0.6) is 11.5 Å². The van der Waals surface area contributed by atoms with E-state index < -0.39 is 0 Å². The lowest BCUT2D eigenvalue weighted by Crippen LogP contribution is -2.50. The Balaban J connectivity index is 1.19. The van der Waals surface area contributed by atoms with Crippen LogP contribution in [0.25, 0.3) is 11.3 Å². The first kappa shape index (κ1) is 19.1. The number of piperazine rings is 1. The molecule has 2 aromatic carbocycles. The van der Waals surface area contributed by atoms with E-state index in [1.54, 1.807) is 17.0 Å². The predicted octanol–water partition coefficient (Wildman–Crippen LogP) is 3.37. The second-order valence-corrected chi connectivity index (χ2v) is 7.26. The topological polar surface area (TPSA) is 79.8 Å². The molecule has 8 nitrogen and oxygen atoms in total. The zero-order valence-corrected chi connectivity index (χ0v) is 16.6. The third kappa shape index (κ3) is 4.07. The summed E-state index contributed by atoms with van der Waals surface area (Å²) in [5.41, 5.74) is 2.23. The first-order valence-electron chi connectivity index (χ1n) is 9.96. The Bertz CT molecular complexity index is 1080. The average Bonchev–Trinajstić information content (AvgIpc) is 3.29. The number of carbonyl (C=O) groups is 1. The van der Waals surface area contributed by atoms with Gasteiger partial charge in [-0.3, -0.25) is 0 Å². The van der Waals surface area contributed by atoms with Crippen LogP contribution in [0.4, 0.5) is 20.7 Å². The van der Waals surface area contributed by atoms with Gasteiger partial charge in [0.25, 0.3) is 0 Å². The molecule has 2 aliphatic heterocycles.